The van der Waals surface area contributed by atoms with E-state index in [0.29, 0.717) is 29.6 Å². The van der Waals surface area contributed by atoms with Crippen LogP contribution in [0.2, 0.25) is 5.02 Å². The van der Waals surface area contributed by atoms with Crippen molar-refractivity contribution in [1.82, 2.24) is 4.90 Å². The number of benzene rings is 2. The normalized spacial score (nSPS) is 14.0. The van der Waals surface area contributed by atoms with E-state index in [0.717, 1.165) is 35.6 Å². The molecular formula is C26H26ClN3O3. The number of aryl methyl sites for hydroxylation is 1. The molecule has 1 aliphatic rings. The second-order valence-corrected chi connectivity index (χ2v) is 8.41. The van der Waals surface area contributed by atoms with Crippen molar-refractivity contribution in [3.63, 3.8) is 0 Å². The maximum Gasteiger partial charge on any atom is 0.248 e. The Morgan fingerprint density at radius 3 is 2.52 bits per heavy atom. The Balaban J connectivity index is 1.41. The summed E-state index contributed by atoms with van der Waals surface area (Å²) in [5.41, 5.74) is 3.56. The van der Waals surface area contributed by atoms with Gasteiger partial charge in [-0.3, -0.25) is 9.59 Å². The zero-order chi connectivity index (χ0) is 23.4. The van der Waals surface area contributed by atoms with Gasteiger partial charge in [-0.1, -0.05) is 35.9 Å². The third-order valence-corrected chi connectivity index (χ3v) is 6.12. The van der Waals surface area contributed by atoms with Gasteiger partial charge in [-0.25, -0.2) is 0 Å². The van der Waals surface area contributed by atoms with Gasteiger partial charge in [-0.2, -0.15) is 0 Å². The van der Waals surface area contributed by atoms with Crippen molar-refractivity contribution in [2.75, 3.05) is 36.4 Å². The van der Waals surface area contributed by atoms with E-state index in [1.54, 1.807) is 13.0 Å². The predicted octanol–water partition coefficient (Wildman–Crippen LogP) is 5.23. The monoisotopic (exact) mass is 463 g/mol. The van der Waals surface area contributed by atoms with E-state index in [2.05, 4.69) is 10.2 Å². The molecule has 1 saturated heterocycles. The van der Waals surface area contributed by atoms with E-state index in [4.69, 9.17) is 16.0 Å². The van der Waals surface area contributed by atoms with Crippen LogP contribution in [0.25, 0.3) is 17.4 Å². The van der Waals surface area contributed by atoms with Crippen LogP contribution in [0.5, 0.6) is 0 Å². The summed E-state index contributed by atoms with van der Waals surface area (Å²) in [6.07, 6.45) is 3.10. The molecule has 0 bridgehead atoms. The Morgan fingerprint density at radius 1 is 1.03 bits per heavy atom. The Bertz CT molecular complexity index is 1190. The molecule has 0 spiro atoms. The van der Waals surface area contributed by atoms with Gasteiger partial charge in [0.2, 0.25) is 11.8 Å². The van der Waals surface area contributed by atoms with Crippen LogP contribution in [-0.2, 0) is 9.59 Å². The molecule has 2 aromatic carbocycles. The first-order chi connectivity index (χ1) is 15.9. The molecule has 3 aromatic rings. The lowest BCUT2D eigenvalue weighted by Crippen LogP contribution is -2.48. The minimum absolute atomic E-state index is 0.0907. The average Bonchev–Trinajstić information content (AvgIpc) is 3.29. The molecule has 1 aliphatic heterocycles. The summed E-state index contributed by atoms with van der Waals surface area (Å²) in [6, 6.07) is 17.1. The highest BCUT2D eigenvalue weighted by Gasteiger charge is 2.20. The Hall–Kier alpha value is -3.51. The molecule has 0 aliphatic carbocycles. The molecule has 1 N–H and O–H groups in total. The first-order valence-corrected chi connectivity index (χ1v) is 11.2. The van der Waals surface area contributed by atoms with Gasteiger partial charge in [0, 0.05) is 49.8 Å². The maximum absolute atomic E-state index is 12.6. The minimum Gasteiger partial charge on any atom is -0.457 e. The summed E-state index contributed by atoms with van der Waals surface area (Å²) in [5.74, 6) is 1.10. The maximum atomic E-state index is 12.6. The molecule has 170 valence electrons. The van der Waals surface area contributed by atoms with Crippen LogP contribution < -0.4 is 10.2 Å². The topological polar surface area (TPSA) is 65.8 Å². The second-order valence-electron chi connectivity index (χ2n) is 8.00. The summed E-state index contributed by atoms with van der Waals surface area (Å²) in [7, 11) is 0. The number of carbonyl (C=O) groups is 2. The third-order valence-electron chi connectivity index (χ3n) is 5.71. The lowest BCUT2D eigenvalue weighted by molar-refractivity contribution is -0.129. The summed E-state index contributed by atoms with van der Waals surface area (Å²) in [6.45, 7) is 6.33. The van der Waals surface area contributed by atoms with Gasteiger partial charge in [-0.05, 0) is 48.9 Å². The predicted molar refractivity (Wildman–Crippen MR) is 132 cm³/mol. The molecule has 1 aromatic heterocycles. The summed E-state index contributed by atoms with van der Waals surface area (Å²) in [5, 5.41) is 3.64. The second kappa shape index (κ2) is 9.96. The molecule has 0 radical (unpaired) electrons. The van der Waals surface area contributed by atoms with Crippen LogP contribution in [0.4, 0.5) is 11.4 Å². The van der Waals surface area contributed by atoms with Crippen molar-refractivity contribution in [3.8, 4) is 11.3 Å². The number of hydrogen-bond donors (Lipinski definition) is 1. The number of nitrogens with one attached hydrogen (secondary N) is 1. The summed E-state index contributed by atoms with van der Waals surface area (Å²) >= 11 is 6.21. The molecule has 4 rings (SSSR count). The fourth-order valence-corrected chi connectivity index (χ4v) is 3.97. The Kier molecular flexibility index (Phi) is 6.84. The first kappa shape index (κ1) is 22.7. The zero-order valence-corrected chi connectivity index (χ0v) is 19.4. The van der Waals surface area contributed by atoms with Crippen molar-refractivity contribution in [3.05, 3.63) is 77.0 Å². The van der Waals surface area contributed by atoms with Gasteiger partial charge in [0.1, 0.15) is 11.5 Å². The van der Waals surface area contributed by atoms with Crippen LogP contribution in [0, 0.1) is 6.92 Å². The molecule has 1 fully saturated rings. The SMILES string of the molecule is CC(=O)N1CCN(c2ccccc2NC(=O)/C=C/c2ccc(-c3ccc(C)c(Cl)c3)o2)CC1. The minimum atomic E-state index is -0.249. The molecule has 0 unspecified atom stereocenters. The highest BCUT2D eigenvalue weighted by molar-refractivity contribution is 6.31. The molecule has 7 heteroatoms. The molecular weight excluding hydrogens is 438 g/mol. The van der Waals surface area contributed by atoms with Crippen molar-refractivity contribution >= 4 is 40.9 Å². The number of carbonyl (C=O) groups excluding carboxylic acids is 2. The lowest BCUT2D eigenvalue weighted by atomic mass is 10.1. The number of nitrogens with zero attached hydrogens (tertiary/aromatic N) is 2. The molecule has 6 nitrogen and oxygen atoms in total. The standard InChI is InChI=1S/C26H26ClN3O3/c1-18-7-8-20(17-22(18)27)25-11-9-21(33-25)10-12-26(32)28-23-5-3-4-6-24(23)30-15-13-29(14-16-30)19(2)31/h3-12,17H,13-16H2,1-2H3,(H,28,32)/b12-10+. The van der Waals surface area contributed by atoms with Gasteiger partial charge in [0.25, 0.3) is 0 Å². The zero-order valence-electron chi connectivity index (χ0n) is 18.7. The van der Waals surface area contributed by atoms with Crippen molar-refractivity contribution in [2.45, 2.75) is 13.8 Å². The van der Waals surface area contributed by atoms with E-state index in [-0.39, 0.29) is 11.8 Å². The van der Waals surface area contributed by atoms with Gasteiger partial charge in [0.15, 0.2) is 0 Å². The fourth-order valence-electron chi connectivity index (χ4n) is 3.79. The number of para-hydroxylation sites is 2. The number of halogens is 1. The van der Waals surface area contributed by atoms with Gasteiger partial charge < -0.3 is 19.5 Å². The third kappa shape index (κ3) is 5.46. The number of hydrogen-bond acceptors (Lipinski definition) is 4. The molecule has 2 heterocycles. The van der Waals surface area contributed by atoms with Gasteiger partial charge in [0.05, 0.1) is 11.4 Å². The highest BCUT2D eigenvalue weighted by atomic mass is 35.5. The Labute approximate surface area is 198 Å². The van der Waals surface area contributed by atoms with Crippen LogP contribution in [0.1, 0.15) is 18.2 Å². The molecule has 33 heavy (non-hydrogen) atoms. The first-order valence-electron chi connectivity index (χ1n) is 10.9. The number of piperazine rings is 1. The van der Waals surface area contributed by atoms with E-state index < -0.39 is 0 Å². The van der Waals surface area contributed by atoms with E-state index in [1.165, 1.54) is 6.08 Å². The van der Waals surface area contributed by atoms with Crippen molar-refractivity contribution in [1.29, 1.82) is 0 Å². The number of furan rings is 1. The highest BCUT2D eigenvalue weighted by Crippen LogP contribution is 2.28. The van der Waals surface area contributed by atoms with E-state index >= 15 is 0 Å². The van der Waals surface area contributed by atoms with Crippen LogP contribution in [0.15, 0.2) is 65.1 Å². The average molecular weight is 464 g/mol. The molecule has 2 amide bonds. The largest absolute Gasteiger partial charge is 0.457 e. The van der Waals surface area contributed by atoms with Gasteiger partial charge in [-0.15, -0.1) is 0 Å². The van der Waals surface area contributed by atoms with Crippen LogP contribution >= 0.6 is 11.6 Å². The molecule has 0 saturated carbocycles. The number of amides is 2. The van der Waals surface area contributed by atoms with Crippen molar-refractivity contribution in [2.24, 2.45) is 0 Å². The summed E-state index contributed by atoms with van der Waals surface area (Å²) < 4.78 is 5.85. The van der Waals surface area contributed by atoms with E-state index in [9.17, 15) is 9.59 Å². The molecule has 0 atom stereocenters. The van der Waals surface area contributed by atoms with Crippen LogP contribution in [-0.4, -0.2) is 42.9 Å². The van der Waals surface area contributed by atoms with Gasteiger partial charge >= 0.3 is 0 Å². The fraction of sp³-hybridized carbons (Fsp3) is 0.231. The summed E-state index contributed by atoms with van der Waals surface area (Å²) in [4.78, 5) is 28.2. The number of rotatable bonds is 5. The number of anilines is 2. The Morgan fingerprint density at radius 2 is 1.79 bits per heavy atom. The quantitative estimate of drug-likeness (QED) is 0.526. The van der Waals surface area contributed by atoms with E-state index in [1.807, 2.05) is 66.4 Å². The lowest BCUT2D eigenvalue weighted by Gasteiger charge is -2.36. The smallest absolute Gasteiger partial charge is 0.248 e. The van der Waals surface area contributed by atoms with Crippen molar-refractivity contribution < 1.29 is 14.0 Å². The van der Waals surface area contributed by atoms with Crippen LogP contribution in [0.3, 0.4) is 0 Å².